The SMILES string of the molecule is O=C1CCCc2[nH]c(=O)c(C(=O)Nc3cccc(CN4CCCCC4)c3)cc21. The Morgan fingerprint density at radius 3 is 2.68 bits per heavy atom. The van der Waals surface area contributed by atoms with Gasteiger partial charge in [-0.15, -0.1) is 0 Å². The molecule has 1 aromatic carbocycles. The molecule has 0 bridgehead atoms. The molecule has 0 spiro atoms. The Bertz CT molecular complexity index is 958. The summed E-state index contributed by atoms with van der Waals surface area (Å²) >= 11 is 0. The van der Waals surface area contributed by atoms with Gasteiger partial charge in [-0.05, 0) is 62.5 Å². The summed E-state index contributed by atoms with van der Waals surface area (Å²) in [6.45, 7) is 3.07. The number of ketones is 1. The van der Waals surface area contributed by atoms with Crippen LogP contribution < -0.4 is 10.9 Å². The maximum atomic E-state index is 12.7. The maximum absolute atomic E-state index is 12.7. The molecule has 0 atom stereocenters. The first kappa shape index (κ1) is 18.6. The number of pyridine rings is 1. The lowest BCUT2D eigenvalue weighted by atomic mass is 9.93. The molecule has 4 rings (SSSR count). The van der Waals surface area contributed by atoms with Gasteiger partial charge in [0, 0.05) is 29.9 Å². The van der Waals surface area contributed by atoms with E-state index >= 15 is 0 Å². The average molecular weight is 379 g/mol. The van der Waals surface area contributed by atoms with Crippen molar-refractivity contribution in [2.45, 2.75) is 45.1 Å². The summed E-state index contributed by atoms with van der Waals surface area (Å²) in [7, 11) is 0. The van der Waals surface area contributed by atoms with E-state index in [4.69, 9.17) is 0 Å². The number of nitrogens with one attached hydrogen (secondary N) is 2. The van der Waals surface area contributed by atoms with Crippen molar-refractivity contribution in [1.29, 1.82) is 0 Å². The van der Waals surface area contributed by atoms with E-state index in [0.29, 0.717) is 29.8 Å². The van der Waals surface area contributed by atoms with Gasteiger partial charge in [0.1, 0.15) is 5.56 Å². The smallest absolute Gasteiger partial charge is 0.261 e. The molecule has 1 saturated heterocycles. The second kappa shape index (κ2) is 8.10. The summed E-state index contributed by atoms with van der Waals surface area (Å²) in [5, 5.41) is 2.81. The Balaban J connectivity index is 1.51. The predicted molar refractivity (Wildman–Crippen MR) is 108 cm³/mol. The summed E-state index contributed by atoms with van der Waals surface area (Å²) in [5.74, 6) is -0.507. The van der Waals surface area contributed by atoms with E-state index in [1.807, 2.05) is 18.2 Å². The fourth-order valence-electron chi connectivity index (χ4n) is 4.07. The van der Waals surface area contributed by atoms with Gasteiger partial charge in [0.05, 0.1) is 0 Å². The third-order valence-electron chi connectivity index (χ3n) is 5.54. The Morgan fingerprint density at radius 2 is 1.86 bits per heavy atom. The van der Waals surface area contributed by atoms with Gasteiger partial charge in [-0.3, -0.25) is 19.3 Å². The molecule has 6 nitrogen and oxygen atoms in total. The van der Waals surface area contributed by atoms with Gasteiger partial charge in [0.2, 0.25) is 0 Å². The van der Waals surface area contributed by atoms with Crippen molar-refractivity contribution in [3.05, 3.63) is 63.1 Å². The number of piperidine rings is 1. The third-order valence-corrected chi connectivity index (χ3v) is 5.54. The van der Waals surface area contributed by atoms with Crippen LogP contribution in [0.1, 0.15) is 64.1 Å². The van der Waals surface area contributed by atoms with Crippen molar-refractivity contribution < 1.29 is 9.59 Å². The number of rotatable bonds is 4. The fourth-order valence-corrected chi connectivity index (χ4v) is 4.07. The lowest BCUT2D eigenvalue weighted by molar-refractivity contribution is 0.0971. The highest BCUT2D eigenvalue weighted by Crippen LogP contribution is 2.20. The van der Waals surface area contributed by atoms with Gasteiger partial charge in [0.15, 0.2) is 5.78 Å². The van der Waals surface area contributed by atoms with Crippen molar-refractivity contribution in [1.82, 2.24) is 9.88 Å². The number of amides is 1. The van der Waals surface area contributed by atoms with Crippen molar-refractivity contribution in [3.8, 4) is 0 Å². The molecule has 2 N–H and O–H groups in total. The van der Waals surface area contributed by atoms with Crippen LogP contribution in [0.5, 0.6) is 0 Å². The minimum absolute atomic E-state index is 0.0181. The zero-order valence-electron chi connectivity index (χ0n) is 15.9. The summed E-state index contributed by atoms with van der Waals surface area (Å²) in [5.41, 5.74) is 2.43. The molecule has 1 aliphatic carbocycles. The summed E-state index contributed by atoms with van der Waals surface area (Å²) < 4.78 is 0. The van der Waals surface area contributed by atoms with Gasteiger partial charge in [0.25, 0.3) is 11.5 Å². The normalized spacial score (nSPS) is 17.2. The molecule has 28 heavy (non-hydrogen) atoms. The van der Waals surface area contributed by atoms with Crippen molar-refractivity contribution >= 4 is 17.4 Å². The van der Waals surface area contributed by atoms with Gasteiger partial charge in [-0.25, -0.2) is 0 Å². The lowest BCUT2D eigenvalue weighted by Crippen LogP contribution is -2.29. The van der Waals surface area contributed by atoms with Gasteiger partial charge in [-0.2, -0.15) is 0 Å². The Kier molecular flexibility index (Phi) is 5.39. The van der Waals surface area contributed by atoms with E-state index in [9.17, 15) is 14.4 Å². The number of carbonyl (C=O) groups is 2. The molecular formula is C22H25N3O3. The van der Waals surface area contributed by atoms with Crippen LogP contribution in [0.2, 0.25) is 0 Å². The molecular weight excluding hydrogens is 354 g/mol. The number of benzene rings is 1. The topological polar surface area (TPSA) is 82.3 Å². The van der Waals surface area contributed by atoms with Crippen LogP contribution in [0.15, 0.2) is 35.1 Å². The number of anilines is 1. The van der Waals surface area contributed by atoms with E-state index in [2.05, 4.69) is 21.3 Å². The van der Waals surface area contributed by atoms with Crippen LogP contribution in [-0.4, -0.2) is 34.7 Å². The van der Waals surface area contributed by atoms with E-state index in [1.54, 1.807) is 0 Å². The largest absolute Gasteiger partial charge is 0.325 e. The Morgan fingerprint density at radius 1 is 1.04 bits per heavy atom. The molecule has 2 heterocycles. The molecule has 0 unspecified atom stereocenters. The number of hydrogen-bond donors (Lipinski definition) is 2. The van der Waals surface area contributed by atoms with Crippen LogP contribution in [0.3, 0.4) is 0 Å². The molecule has 0 saturated carbocycles. The number of aromatic nitrogens is 1. The lowest BCUT2D eigenvalue weighted by Gasteiger charge is -2.26. The molecule has 2 aliphatic rings. The third kappa shape index (κ3) is 4.07. The van der Waals surface area contributed by atoms with E-state index in [1.165, 1.54) is 25.3 Å². The van der Waals surface area contributed by atoms with Crippen LogP contribution in [-0.2, 0) is 13.0 Å². The zero-order valence-corrected chi connectivity index (χ0v) is 15.9. The minimum Gasteiger partial charge on any atom is -0.325 e. The van der Waals surface area contributed by atoms with Crippen molar-refractivity contribution in [2.75, 3.05) is 18.4 Å². The van der Waals surface area contributed by atoms with Crippen molar-refractivity contribution in [2.24, 2.45) is 0 Å². The first-order valence-electron chi connectivity index (χ1n) is 10.0. The highest BCUT2D eigenvalue weighted by molar-refractivity contribution is 6.06. The van der Waals surface area contributed by atoms with Gasteiger partial charge in [-0.1, -0.05) is 18.6 Å². The second-order valence-corrected chi connectivity index (χ2v) is 7.67. The molecule has 1 aliphatic heterocycles. The number of likely N-dealkylation sites (tertiary alicyclic amines) is 1. The van der Waals surface area contributed by atoms with E-state index < -0.39 is 11.5 Å². The molecule has 6 heteroatoms. The molecule has 146 valence electrons. The predicted octanol–water partition coefficient (Wildman–Crippen LogP) is 3.13. The minimum atomic E-state index is -0.488. The average Bonchev–Trinajstić information content (AvgIpc) is 2.69. The van der Waals surface area contributed by atoms with Gasteiger partial charge >= 0.3 is 0 Å². The maximum Gasteiger partial charge on any atom is 0.261 e. The highest BCUT2D eigenvalue weighted by atomic mass is 16.2. The number of fused-ring (bicyclic) bond motifs is 1. The van der Waals surface area contributed by atoms with Crippen LogP contribution in [0.4, 0.5) is 5.69 Å². The number of aryl methyl sites for hydroxylation is 1. The number of carbonyl (C=O) groups excluding carboxylic acids is 2. The van der Waals surface area contributed by atoms with Crippen LogP contribution in [0, 0.1) is 0 Å². The van der Waals surface area contributed by atoms with E-state index in [-0.39, 0.29) is 11.3 Å². The number of Topliss-reactive ketones (excluding diaryl/α,β-unsaturated/α-hetero) is 1. The van der Waals surface area contributed by atoms with E-state index in [0.717, 1.165) is 31.6 Å². The standard InChI is InChI=1S/C22H25N3O3/c26-20-9-5-8-19-17(20)13-18(22(28)24-19)21(27)23-16-7-4-6-15(12-16)14-25-10-2-1-3-11-25/h4,6-7,12-13H,1-3,5,8-11,14H2,(H,23,27)(H,24,28). The Hall–Kier alpha value is -2.73. The van der Waals surface area contributed by atoms with Gasteiger partial charge < -0.3 is 10.3 Å². The molecule has 1 aromatic heterocycles. The number of H-pyrrole nitrogens is 1. The monoisotopic (exact) mass is 379 g/mol. The van der Waals surface area contributed by atoms with Crippen LogP contribution in [0.25, 0.3) is 0 Å². The fraction of sp³-hybridized carbons (Fsp3) is 0.409. The Labute approximate surface area is 164 Å². The summed E-state index contributed by atoms with van der Waals surface area (Å²) in [4.78, 5) is 42.2. The number of aromatic amines is 1. The number of nitrogens with zero attached hydrogens (tertiary/aromatic N) is 1. The molecule has 0 radical (unpaired) electrons. The van der Waals surface area contributed by atoms with Crippen molar-refractivity contribution in [3.63, 3.8) is 0 Å². The summed E-state index contributed by atoms with van der Waals surface area (Å²) in [6, 6.07) is 9.17. The highest BCUT2D eigenvalue weighted by Gasteiger charge is 2.22. The quantitative estimate of drug-likeness (QED) is 0.855. The zero-order chi connectivity index (χ0) is 19.5. The second-order valence-electron chi connectivity index (χ2n) is 7.67. The first-order valence-corrected chi connectivity index (χ1v) is 10.0. The molecule has 2 aromatic rings. The summed E-state index contributed by atoms with van der Waals surface area (Å²) in [6.07, 6.45) is 5.61. The first-order chi connectivity index (χ1) is 13.6. The number of hydrogen-bond acceptors (Lipinski definition) is 4. The van der Waals surface area contributed by atoms with Crippen LogP contribution >= 0.6 is 0 Å². The molecule has 1 fully saturated rings. The molecule has 1 amide bonds.